The second-order valence-electron chi connectivity index (χ2n) is 11.5. The van der Waals surface area contributed by atoms with Gasteiger partial charge in [0.25, 0.3) is 0 Å². The second kappa shape index (κ2) is 17.8. The summed E-state index contributed by atoms with van der Waals surface area (Å²) < 4.78 is 25.8. The number of phenols is 4. The van der Waals surface area contributed by atoms with E-state index in [0.717, 1.165) is 12.1 Å². The van der Waals surface area contributed by atoms with E-state index in [4.69, 9.17) is 18.9 Å². The zero-order valence-electron chi connectivity index (χ0n) is 27.6. The maximum atomic E-state index is 13.0. The highest BCUT2D eigenvalue weighted by Crippen LogP contribution is 2.31. The summed E-state index contributed by atoms with van der Waals surface area (Å²) in [6.45, 7) is 7.27. The van der Waals surface area contributed by atoms with Gasteiger partial charge in [-0.2, -0.15) is 0 Å². The van der Waals surface area contributed by atoms with Gasteiger partial charge in [0.05, 0.1) is 32.5 Å². The lowest BCUT2D eigenvalue weighted by Gasteiger charge is -2.20. The predicted octanol–water partition coefficient (Wildman–Crippen LogP) is 2.97. The molecule has 0 saturated heterocycles. The average Bonchev–Trinajstić information content (AvgIpc) is 2.90. The molecule has 0 aliphatic heterocycles. The van der Waals surface area contributed by atoms with Gasteiger partial charge >= 0.3 is 29.8 Å². The second-order valence-corrected chi connectivity index (χ2v) is 11.5. The third kappa shape index (κ3) is 12.3. The molecule has 5 N–H and O–H groups in total. The van der Waals surface area contributed by atoms with E-state index in [9.17, 15) is 49.5 Å². The normalized spacial score (nSPS) is 14.1. The zero-order valence-corrected chi connectivity index (χ0v) is 27.6. The van der Waals surface area contributed by atoms with Crippen molar-refractivity contribution >= 4 is 29.8 Å². The molecule has 0 amide bonds. The molecular weight excluding hydrogens is 636 g/mol. The molecule has 2 aromatic carbocycles. The first-order valence-electron chi connectivity index (χ1n) is 15.1. The van der Waals surface area contributed by atoms with Gasteiger partial charge in [-0.3, -0.25) is 14.4 Å². The molecule has 0 aliphatic rings. The fourth-order valence-corrected chi connectivity index (χ4v) is 4.74. The van der Waals surface area contributed by atoms with E-state index in [0.29, 0.717) is 0 Å². The summed E-state index contributed by atoms with van der Waals surface area (Å²) in [5.41, 5.74) is -0.430. The average molecular weight is 679 g/mol. The minimum Gasteiger partial charge on any atom is -0.508 e. The van der Waals surface area contributed by atoms with Crippen molar-refractivity contribution in [2.45, 2.75) is 97.2 Å². The standard InChI is InChI=1S/C33H42O15/c1-16(34)7-28(40)45-17(2)8-21-12-23(35)15-26(38)31(21)33(43)48-20(5)11-29(41)46-18(3)9-22-13-24(36)14-25(37)30(22)32(42)47-19(4)10-27(39)44-6/h12-20,34-38H,7-11H2,1-6H3/t16-,17-,18-,19-,20-/m1/s1. The Balaban J connectivity index is 2.07. The molecule has 2 aromatic rings. The van der Waals surface area contributed by atoms with E-state index in [1.54, 1.807) is 0 Å². The van der Waals surface area contributed by atoms with E-state index < -0.39 is 78.3 Å². The molecule has 0 bridgehead atoms. The van der Waals surface area contributed by atoms with Gasteiger partial charge in [0, 0.05) is 25.0 Å². The fourth-order valence-electron chi connectivity index (χ4n) is 4.74. The lowest BCUT2D eigenvalue weighted by molar-refractivity contribution is -0.151. The molecule has 264 valence electrons. The molecule has 0 saturated carbocycles. The Morgan fingerprint density at radius 3 is 1.31 bits per heavy atom. The van der Waals surface area contributed by atoms with Gasteiger partial charge in [-0.15, -0.1) is 0 Å². The van der Waals surface area contributed by atoms with E-state index in [-0.39, 0.29) is 59.4 Å². The van der Waals surface area contributed by atoms with Crippen molar-refractivity contribution < 1.29 is 73.2 Å². The number of benzene rings is 2. The summed E-state index contributed by atoms with van der Waals surface area (Å²) in [5, 5.41) is 50.2. The van der Waals surface area contributed by atoms with Crippen LogP contribution in [-0.2, 0) is 50.9 Å². The first kappa shape index (κ1) is 39.1. The summed E-state index contributed by atoms with van der Waals surface area (Å²) in [6, 6.07) is 4.24. The van der Waals surface area contributed by atoms with Gasteiger partial charge in [0.15, 0.2) is 0 Å². The highest BCUT2D eigenvalue weighted by Gasteiger charge is 2.27. The first-order chi connectivity index (χ1) is 22.4. The summed E-state index contributed by atoms with van der Waals surface area (Å²) >= 11 is 0. The number of aliphatic hydroxyl groups excluding tert-OH is 1. The third-order valence-electron chi connectivity index (χ3n) is 6.67. The Hall–Kier alpha value is -5.05. The number of carbonyl (C=O) groups is 5. The van der Waals surface area contributed by atoms with Gasteiger partial charge in [-0.25, -0.2) is 9.59 Å². The van der Waals surface area contributed by atoms with Crippen LogP contribution in [0.2, 0.25) is 0 Å². The predicted molar refractivity (Wildman–Crippen MR) is 165 cm³/mol. The van der Waals surface area contributed by atoms with Crippen LogP contribution in [0.25, 0.3) is 0 Å². The smallest absolute Gasteiger partial charge is 0.342 e. The molecule has 0 heterocycles. The molecule has 5 atom stereocenters. The SMILES string of the molecule is COC(=O)C[C@@H](C)OC(=O)c1c(O)cc(O)cc1C[C@@H](C)OC(=O)C[C@@H](C)OC(=O)c1c(O)cc(O)cc1C[C@@H](C)OC(=O)C[C@@H](C)O. The topological polar surface area (TPSA) is 233 Å². The van der Waals surface area contributed by atoms with Crippen LogP contribution < -0.4 is 0 Å². The number of carbonyl (C=O) groups excluding carboxylic acids is 5. The summed E-state index contributed by atoms with van der Waals surface area (Å²) in [6.07, 6.45) is -5.77. The first-order valence-corrected chi connectivity index (χ1v) is 15.1. The number of ether oxygens (including phenoxy) is 5. The number of rotatable bonds is 16. The van der Waals surface area contributed by atoms with Crippen molar-refractivity contribution in [1.82, 2.24) is 0 Å². The van der Waals surface area contributed by atoms with Crippen LogP contribution in [0.4, 0.5) is 0 Å². The van der Waals surface area contributed by atoms with Crippen LogP contribution in [0, 0.1) is 0 Å². The molecule has 0 aliphatic carbocycles. The van der Waals surface area contributed by atoms with Crippen LogP contribution in [0.3, 0.4) is 0 Å². The van der Waals surface area contributed by atoms with Crippen molar-refractivity contribution in [2.75, 3.05) is 7.11 Å². The molecule has 15 heteroatoms. The van der Waals surface area contributed by atoms with Crippen molar-refractivity contribution in [3.63, 3.8) is 0 Å². The minimum absolute atomic E-state index is 0.0867. The van der Waals surface area contributed by atoms with Crippen LogP contribution in [0.1, 0.15) is 85.7 Å². The molecule has 0 aromatic heterocycles. The van der Waals surface area contributed by atoms with Gasteiger partial charge in [-0.1, -0.05) is 0 Å². The lowest BCUT2D eigenvalue weighted by atomic mass is 10.00. The molecule has 0 radical (unpaired) electrons. The molecule has 48 heavy (non-hydrogen) atoms. The van der Waals surface area contributed by atoms with E-state index in [1.807, 2.05) is 0 Å². The third-order valence-corrected chi connectivity index (χ3v) is 6.67. The molecule has 0 unspecified atom stereocenters. The minimum atomic E-state index is -1.06. The Labute approximate surface area is 276 Å². The van der Waals surface area contributed by atoms with Crippen LogP contribution in [0.15, 0.2) is 24.3 Å². The van der Waals surface area contributed by atoms with Crippen molar-refractivity contribution in [1.29, 1.82) is 0 Å². The van der Waals surface area contributed by atoms with E-state index in [2.05, 4.69) is 4.74 Å². The van der Waals surface area contributed by atoms with Gasteiger partial charge in [0.2, 0.25) is 0 Å². The molecule has 2 rings (SSSR count). The summed E-state index contributed by atoms with van der Waals surface area (Å²) in [4.78, 5) is 62.0. The van der Waals surface area contributed by atoms with Crippen LogP contribution in [-0.4, -0.2) is 93.0 Å². The van der Waals surface area contributed by atoms with Crippen LogP contribution in [0.5, 0.6) is 23.0 Å². The quantitative estimate of drug-likeness (QED) is 0.127. The highest BCUT2D eigenvalue weighted by atomic mass is 16.6. The highest BCUT2D eigenvalue weighted by molar-refractivity contribution is 5.95. The zero-order chi connectivity index (χ0) is 36.3. The number of esters is 5. The van der Waals surface area contributed by atoms with Crippen molar-refractivity contribution in [2.24, 2.45) is 0 Å². The molecular formula is C33H42O15. The van der Waals surface area contributed by atoms with Crippen molar-refractivity contribution in [3.8, 4) is 23.0 Å². The van der Waals surface area contributed by atoms with Crippen molar-refractivity contribution in [3.05, 3.63) is 46.5 Å². The number of hydrogen-bond acceptors (Lipinski definition) is 15. The Bertz CT molecular complexity index is 1480. The van der Waals surface area contributed by atoms with Gasteiger partial charge in [0.1, 0.15) is 58.5 Å². The number of aliphatic hydroxyl groups is 1. The van der Waals surface area contributed by atoms with E-state index >= 15 is 0 Å². The number of hydrogen-bond donors (Lipinski definition) is 5. The number of phenolic OH excluding ortho intramolecular Hbond substituents is 4. The lowest BCUT2D eigenvalue weighted by Crippen LogP contribution is -2.25. The molecule has 0 fully saturated rings. The van der Waals surface area contributed by atoms with Crippen LogP contribution >= 0.6 is 0 Å². The largest absolute Gasteiger partial charge is 0.508 e. The van der Waals surface area contributed by atoms with Gasteiger partial charge in [-0.05, 0) is 57.9 Å². The maximum absolute atomic E-state index is 13.0. The maximum Gasteiger partial charge on any atom is 0.342 e. The summed E-state index contributed by atoms with van der Waals surface area (Å²) in [5.74, 6) is -6.06. The molecule has 0 spiro atoms. The summed E-state index contributed by atoms with van der Waals surface area (Å²) in [7, 11) is 1.18. The Morgan fingerprint density at radius 2 is 0.938 bits per heavy atom. The van der Waals surface area contributed by atoms with Gasteiger partial charge < -0.3 is 49.2 Å². The fraction of sp³-hybridized carbons (Fsp3) is 0.485. The Morgan fingerprint density at radius 1 is 0.562 bits per heavy atom. The van der Waals surface area contributed by atoms with E-state index in [1.165, 1.54) is 53.9 Å². The molecule has 15 nitrogen and oxygen atoms in total. The number of aromatic hydroxyl groups is 4. The Kier molecular flexibility index (Phi) is 14.5. The monoisotopic (exact) mass is 678 g/mol. The number of methoxy groups -OCH3 is 1.